The van der Waals surface area contributed by atoms with Crippen molar-refractivity contribution in [3.63, 3.8) is 0 Å². The van der Waals surface area contributed by atoms with Crippen LogP contribution in [-0.4, -0.2) is 5.78 Å². The number of rotatable bonds is 2. The quantitative estimate of drug-likeness (QED) is 0.732. The van der Waals surface area contributed by atoms with E-state index in [4.69, 9.17) is 4.42 Å². The molecule has 0 aliphatic heterocycles. The molecule has 0 bridgehead atoms. The maximum atomic E-state index is 13.7. The maximum Gasteiger partial charge on any atom is 0.137 e. The van der Waals surface area contributed by atoms with Gasteiger partial charge in [-0.1, -0.05) is 6.07 Å². The van der Waals surface area contributed by atoms with Gasteiger partial charge in [-0.15, -0.1) is 0 Å². The molecule has 0 saturated carbocycles. The first-order valence-corrected chi connectivity index (χ1v) is 4.32. The normalized spacial score (nSPS) is 10.7. The van der Waals surface area contributed by atoms with Crippen molar-refractivity contribution in [1.82, 2.24) is 0 Å². The Hall–Kier alpha value is -1.64. The summed E-state index contributed by atoms with van der Waals surface area (Å²) in [6.45, 7) is 1.44. The first-order valence-electron chi connectivity index (χ1n) is 4.32. The zero-order chi connectivity index (χ0) is 10.1. The van der Waals surface area contributed by atoms with E-state index in [0.29, 0.717) is 16.5 Å². The van der Waals surface area contributed by atoms with Crippen LogP contribution in [0.5, 0.6) is 0 Å². The molecule has 0 aliphatic rings. The molecule has 0 saturated heterocycles. The van der Waals surface area contributed by atoms with Crippen molar-refractivity contribution < 1.29 is 13.6 Å². The molecule has 2 rings (SSSR count). The summed E-state index contributed by atoms with van der Waals surface area (Å²) in [6, 6.07) is 4.83. The van der Waals surface area contributed by atoms with Gasteiger partial charge >= 0.3 is 0 Å². The number of halogens is 1. The lowest BCUT2D eigenvalue weighted by Crippen LogP contribution is -1.99. The molecular weight excluding hydrogens is 183 g/mol. The van der Waals surface area contributed by atoms with Crippen LogP contribution in [0.4, 0.5) is 4.39 Å². The number of ketones is 1. The average Bonchev–Trinajstić information content (AvgIpc) is 2.57. The Morgan fingerprint density at radius 3 is 2.93 bits per heavy atom. The van der Waals surface area contributed by atoms with Gasteiger partial charge in [-0.05, 0) is 24.6 Å². The van der Waals surface area contributed by atoms with Crippen LogP contribution in [0.1, 0.15) is 12.5 Å². The summed E-state index contributed by atoms with van der Waals surface area (Å²) in [7, 11) is 0. The minimum absolute atomic E-state index is 0.0493. The monoisotopic (exact) mass is 192 g/mol. The molecule has 3 heteroatoms. The van der Waals surface area contributed by atoms with Crippen molar-refractivity contribution in [3.05, 3.63) is 35.8 Å². The molecular formula is C11H9FO2. The molecule has 1 aromatic carbocycles. The van der Waals surface area contributed by atoms with E-state index in [2.05, 4.69) is 0 Å². The Morgan fingerprint density at radius 1 is 1.43 bits per heavy atom. The topological polar surface area (TPSA) is 30.2 Å². The van der Waals surface area contributed by atoms with Crippen LogP contribution in [0.25, 0.3) is 11.0 Å². The second-order valence-corrected chi connectivity index (χ2v) is 3.25. The lowest BCUT2D eigenvalue weighted by atomic mass is 10.1. The molecule has 14 heavy (non-hydrogen) atoms. The predicted octanol–water partition coefficient (Wildman–Crippen LogP) is 2.70. The molecule has 72 valence electrons. The third kappa shape index (κ3) is 1.41. The molecule has 0 spiro atoms. The third-order valence-corrected chi connectivity index (χ3v) is 2.09. The lowest BCUT2D eigenvalue weighted by molar-refractivity contribution is -0.116. The Labute approximate surface area is 80.3 Å². The van der Waals surface area contributed by atoms with E-state index in [0.717, 1.165) is 0 Å². The van der Waals surface area contributed by atoms with Crippen molar-refractivity contribution >= 4 is 16.8 Å². The van der Waals surface area contributed by atoms with Crippen LogP contribution in [0.2, 0.25) is 0 Å². The van der Waals surface area contributed by atoms with Crippen LogP contribution in [0.15, 0.2) is 28.9 Å². The number of carbonyl (C=O) groups excluding carboxylic acids is 1. The van der Waals surface area contributed by atoms with Crippen LogP contribution < -0.4 is 0 Å². The number of fused-ring (bicyclic) bond motifs is 1. The standard InChI is InChI=1S/C11H9FO2/c1-7(13)6-8-2-3-10-9(11(8)12)4-5-14-10/h2-5H,6H2,1H3. The minimum Gasteiger partial charge on any atom is -0.464 e. The Morgan fingerprint density at radius 2 is 2.21 bits per heavy atom. The van der Waals surface area contributed by atoms with Crippen molar-refractivity contribution in [1.29, 1.82) is 0 Å². The maximum absolute atomic E-state index is 13.7. The smallest absolute Gasteiger partial charge is 0.137 e. The largest absolute Gasteiger partial charge is 0.464 e. The summed E-state index contributed by atoms with van der Waals surface area (Å²) < 4.78 is 18.7. The van der Waals surface area contributed by atoms with E-state index in [9.17, 15) is 9.18 Å². The second-order valence-electron chi connectivity index (χ2n) is 3.25. The molecule has 2 aromatic rings. The first kappa shape index (κ1) is 8.94. The fraction of sp³-hybridized carbons (Fsp3) is 0.182. The van der Waals surface area contributed by atoms with Crippen molar-refractivity contribution in [2.45, 2.75) is 13.3 Å². The first-order chi connectivity index (χ1) is 6.68. The number of benzene rings is 1. The van der Waals surface area contributed by atoms with Gasteiger partial charge in [0.1, 0.15) is 17.2 Å². The summed E-state index contributed by atoms with van der Waals surface area (Å²) in [5.41, 5.74) is 0.932. The summed E-state index contributed by atoms with van der Waals surface area (Å²) in [5, 5.41) is 0.434. The second kappa shape index (κ2) is 3.25. The van der Waals surface area contributed by atoms with E-state index < -0.39 is 0 Å². The number of hydrogen-bond donors (Lipinski definition) is 0. The highest BCUT2D eigenvalue weighted by atomic mass is 19.1. The average molecular weight is 192 g/mol. The molecule has 0 fully saturated rings. The van der Waals surface area contributed by atoms with Crippen LogP contribution in [0, 0.1) is 5.82 Å². The van der Waals surface area contributed by atoms with Gasteiger partial charge in [-0.3, -0.25) is 4.79 Å². The number of carbonyl (C=O) groups is 1. The van der Waals surface area contributed by atoms with Crippen LogP contribution in [-0.2, 0) is 11.2 Å². The predicted molar refractivity (Wildman–Crippen MR) is 50.6 cm³/mol. The highest BCUT2D eigenvalue weighted by Crippen LogP contribution is 2.22. The molecule has 1 aromatic heterocycles. The molecule has 0 N–H and O–H groups in total. The Bertz CT molecular complexity index is 485. The lowest BCUT2D eigenvalue weighted by Gasteiger charge is -2.00. The molecule has 0 atom stereocenters. The van der Waals surface area contributed by atoms with E-state index in [1.54, 1.807) is 18.2 Å². The molecule has 1 heterocycles. The number of Topliss-reactive ketones (excluding diaryl/α,β-unsaturated/α-hetero) is 1. The third-order valence-electron chi connectivity index (χ3n) is 2.09. The van der Waals surface area contributed by atoms with Crippen molar-refractivity contribution in [2.75, 3.05) is 0 Å². The van der Waals surface area contributed by atoms with E-state index in [1.807, 2.05) is 0 Å². The van der Waals surface area contributed by atoms with Gasteiger partial charge < -0.3 is 4.42 Å². The summed E-state index contributed by atoms with van der Waals surface area (Å²) in [6.07, 6.45) is 1.57. The highest BCUT2D eigenvalue weighted by molar-refractivity contribution is 5.82. The Kier molecular flexibility index (Phi) is 2.08. The van der Waals surface area contributed by atoms with Gasteiger partial charge in [0.15, 0.2) is 0 Å². The molecule has 0 unspecified atom stereocenters. The fourth-order valence-electron chi connectivity index (χ4n) is 1.46. The summed E-state index contributed by atoms with van der Waals surface area (Å²) >= 11 is 0. The zero-order valence-corrected chi connectivity index (χ0v) is 7.71. The van der Waals surface area contributed by atoms with Gasteiger partial charge in [-0.2, -0.15) is 0 Å². The van der Waals surface area contributed by atoms with Crippen molar-refractivity contribution in [3.8, 4) is 0 Å². The SMILES string of the molecule is CC(=O)Cc1ccc2occc2c1F. The van der Waals surface area contributed by atoms with Gasteiger partial charge in [0.05, 0.1) is 11.6 Å². The zero-order valence-electron chi connectivity index (χ0n) is 7.71. The van der Waals surface area contributed by atoms with Crippen LogP contribution >= 0.6 is 0 Å². The number of furan rings is 1. The Balaban J connectivity index is 2.56. The molecule has 0 aliphatic carbocycles. The number of hydrogen-bond acceptors (Lipinski definition) is 2. The van der Waals surface area contributed by atoms with Crippen LogP contribution in [0.3, 0.4) is 0 Å². The van der Waals surface area contributed by atoms with Crippen molar-refractivity contribution in [2.24, 2.45) is 0 Å². The van der Waals surface area contributed by atoms with E-state index in [1.165, 1.54) is 13.2 Å². The van der Waals surface area contributed by atoms with E-state index in [-0.39, 0.29) is 18.0 Å². The van der Waals surface area contributed by atoms with Gasteiger partial charge in [0.2, 0.25) is 0 Å². The summed E-state index contributed by atoms with van der Waals surface area (Å²) in [5.74, 6) is -0.404. The fourth-order valence-corrected chi connectivity index (χ4v) is 1.46. The molecule has 0 radical (unpaired) electrons. The molecule has 0 amide bonds. The molecule has 2 nitrogen and oxygen atoms in total. The minimum atomic E-state index is -0.355. The van der Waals surface area contributed by atoms with Gasteiger partial charge in [-0.25, -0.2) is 4.39 Å². The summed E-state index contributed by atoms with van der Waals surface area (Å²) in [4.78, 5) is 10.8. The van der Waals surface area contributed by atoms with Gasteiger partial charge in [0, 0.05) is 6.42 Å². The van der Waals surface area contributed by atoms with Gasteiger partial charge in [0.25, 0.3) is 0 Å². The highest BCUT2D eigenvalue weighted by Gasteiger charge is 2.10. The van der Waals surface area contributed by atoms with E-state index >= 15 is 0 Å².